The summed E-state index contributed by atoms with van der Waals surface area (Å²) in [6.07, 6.45) is -4.43. The van der Waals surface area contributed by atoms with Crippen molar-refractivity contribution in [2.45, 2.75) is 18.4 Å². The van der Waals surface area contributed by atoms with Crippen molar-refractivity contribution >= 4 is 21.9 Å². The van der Waals surface area contributed by atoms with E-state index in [4.69, 9.17) is 4.74 Å². The third-order valence-corrected chi connectivity index (χ3v) is 5.44. The molecule has 0 aromatic heterocycles. The molecule has 0 spiro atoms. The maximum atomic E-state index is 13.1. The molecule has 0 saturated carbocycles. The molecule has 3 aromatic carbocycles. The smallest absolute Gasteiger partial charge is 0.416 e. The fourth-order valence-electron chi connectivity index (χ4n) is 3.34. The molecule has 7 heteroatoms. The molecule has 0 fully saturated rings. The number of hydrogen-bond acceptors (Lipinski definition) is 3. The number of alkyl halides is 4. The molecule has 0 radical (unpaired) electrons. The molecule has 0 heterocycles. The lowest BCUT2D eigenvalue weighted by molar-refractivity contribution is -0.255. The van der Waals surface area contributed by atoms with Crippen molar-refractivity contribution in [3.8, 4) is 28.0 Å². The van der Waals surface area contributed by atoms with E-state index in [1.165, 1.54) is 25.3 Å². The van der Waals surface area contributed by atoms with E-state index in [0.29, 0.717) is 22.4 Å². The first-order chi connectivity index (χ1) is 14.2. The monoisotopic (exact) mass is 477 g/mol. The number of carbonyl (C=O) groups is 1. The Morgan fingerprint density at radius 1 is 1.00 bits per heavy atom. The van der Waals surface area contributed by atoms with Crippen LogP contribution in [0.5, 0.6) is 5.75 Å². The molecular formula is C23H17BrF3O3-. The quantitative estimate of drug-likeness (QED) is 0.448. The average Bonchev–Trinajstić information content (AvgIpc) is 2.72. The highest BCUT2D eigenvalue weighted by molar-refractivity contribution is 9.08. The van der Waals surface area contributed by atoms with E-state index in [1.54, 1.807) is 19.1 Å². The van der Waals surface area contributed by atoms with Gasteiger partial charge in [0.05, 0.1) is 18.6 Å². The van der Waals surface area contributed by atoms with Crippen LogP contribution >= 0.6 is 15.9 Å². The second kappa shape index (κ2) is 8.52. The number of halogens is 4. The molecule has 3 rings (SSSR count). The van der Waals surface area contributed by atoms with Gasteiger partial charge in [0.1, 0.15) is 5.75 Å². The average molecular weight is 478 g/mol. The number of hydrogen-bond donors (Lipinski definition) is 0. The predicted molar refractivity (Wildman–Crippen MR) is 111 cm³/mol. The third-order valence-electron chi connectivity index (χ3n) is 4.84. The Balaban J connectivity index is 2.16. The molecule has 0 amide bonds. The third kappa shape index (κ3) is 4.36. The maximum absolute atomic E-state index is 13.1. The number of carboxylic acid groups (broad SMARTS) is 1. The van der Waals surface area contributed by atoms with Crippen molar-refractivity contribution in [3.05, 3.63) is 76.9 Å². The van der Waals surface area contributed by atoms with Gasteiger partial charge in [-0.2, -0.15) is 13.2 Å². The van der Waals surface area contributed by atoms with Gasteiger partial charge in [-0.25, -0.2) is 0 Å². The SMILES string of the molecule is COc1ccc(-c2ccc(C(=O)[O-])cc2C)cc1-c1ccc(C(F)(F)F)cc1CBr. The lowest BCUT2D eigenvalue weighted by Crippen LogP contribution is -2.22. The van der Waals surface area contributed by atoms with Gasteiger partial charge in [0.25, 0.3) is 0 Å². The van der Waals surface area contributed by atoms with E-state index in [-0.39, 0.29) is 10.9 Å². The maximum Gasteiger partial charge on any atom is 0.416 e. The molecule has 3 aromatic rings. The number of aromatic carboxylic acids is 1. The molecule has 0 N–H and O–H groups in total. The molecule has 0 aliphatic carbocycles. The minimum absolute atomic E-state index is 0.0781. The van der Waals surface area contributed by atoms with Gasteiger partial charge in [0.15, 0.2) is 0 Å². The van der Waals surface area contributed by atoms with Crippen molar-refractivity contribution in [1.29, 1.82) is 0 Å². The number of benzene rings is 3. The van der Waals surface area contributed by atoms with Gasteiger partial charge in [-0.3, -0.25) is 0 Å². The highest BCUT2D eigenvalue weighted by Crippen LogP contribution is 2.40. The molecule has 0 aliphatic heterocycles. The lowest BCUT2D eigenvalue weighted by Gasteiger charge is -2.17. The molecule has 0 saturated heterocycles. The predicted octanol–water partition coefficient (Wildman–Crippen LogP) is 5.61. The number of aryl methyl sites for hydroxylation is 1. The molecule has 0 bridgehead atoms. The highest BCUT2D eigenvalue weighted by atomic mass is 79.9. The van der Waals surface area contributed by atoms with Gasteiger partial charge in [-0.1, -0.05) is 40.2 Å². The van der Waals surface area contributed by atoms with Gasteiger partial charge in [-0.05, 0) is 70.6 Å². The Morgan fingerprint density at radius 2 is 1.70 bits per heavy atom. The first-order valence-corrected chi connectivity index (χ1v) is 10.0. The summed E-state index contributed by atoms with van der Waals surface area (Å²) in [6.45, 7) is 1.79. The van der Waals surface area contributed by atoms with Crippen LogP contribution in [0.1, 0.15) is 27.0 Å². The molecule has 3 nitrogen and oxygen atoms in total. The fraction of sp³-hybridized carbons (Fsp3) is 0.174. The second-order valence-electron chi connectivity index (χ2n) is 6.74. The summed E-state index contributed by atoms with van der Waals surface area (Å²) in [5.41, 5.74) is 3.41. The number of carbonyl (C=O) groups excluding carboxylic acids is 1. The second-order valence-corrected chi connectivity index (χ2v) is 7.30. The molecule has 0 aliphatic rings. The molecule has 30 heavy (non-hydrogen) atoms. The standard InChI is InChI=1S/C23H18BrF3O3/c1-13-9-15(22(28)29)3-6-18(13)14-4-8-21(30-2)20(11-14)19-7-5-17(23(25,26)27)10-16(19)12-24/h3-11H,12H2,1-2H3,(H,28,29)/p-1. The topological polar surface area (TPSA) is 49.4 Å². The Kier molecular flexibility index (Phi) is 6.22. The molecule has 0 unspecified atom stereocenters. The zero-order valence-corrected chi connectivity index (χ0v) is 17.7. The molecule has 0 atom stereocenters. The van der Waals surface area contributed by atoms with Crippen molar-refractivity contribution in [2.24, 2.45) is 0 Å². The summed E-state index contributed by atoms with van der Waals surface area (Å²) in [7, 11) is 1.50. The lowest BCUT2D eigenvalue weighted by atomic mass is 9.92. The minimum atomic E-state index is -4.43. The first kappa shape index (κ1) is 21.9. The van der Waals surface area contributed by atoms with Gasteiger partial charge in [0, 0.05) is 10.9 Å². The number of methoxy groups -OCH3 is 1. The van der Waals surface area contributed by atoms with Crippen LogP contribution in [0.2, 0.25) is 0 Å². The Hall–Kier alpha value is -2.80. The first-order valence-electron chi connectivity index (χ1n) is 8.92. The van der Waals surface area contributed by atoms with E-state index in [9.17, 15) is 23.1 Å². The van der Waals surface area contributed by atoms with Crippen LogP contribution in [-0.4, -0.2) is 13.1 Å². The van der Waals surface area contributed by atoms with Gasteiger partial charge in [-0.15, -0.1) is 0 Å². The number of rotatable bonds is 5. The Morgan fingerprint density at radius 3 is 2.27 bits per heavy atom. The van der Waals surface area contributed by atoms with E-state index < -0.39 is 17.7 Å². The summed E-state index contributed by atoms with van der Waals surface area (Å²) < 4.78 is 44.8. The van der Waals surface area contributed by atoms with Crippen LogP contribution in [0, 0.1) is 6.92 Å². The fourth-order valence-corrected chi connectivity index (χ4v) is 3.81. The van der Waals surface area contributed by atoms with Crippen LogP contribution < -0.4 is 9.84 Å². The van der Waals surface area contributed by atoms with Crippen LogP contribution in [0.25, 0.3) is 22.3 Å². The van der Waals surface area contributed by atoms with E-state index in [2.05, 4.69) is 15.9 Å². The van der Waals surface area contributed by atoms with Crippen LogP contribution in [0.15, 0.2) is 54.6 Å². The summed E-state index contributed by atoms with van der Waals surface area (Å²) >= 11 is 3.28. The molecule has 156 valence electrons. The van der Waals surface area contributed by atoms with Crippen LogP contribution in [0.3, 0.4) is 0 Å². The zero-order chi connectivity index (χ0) is 22.1. The van der Waals surface area contributed by atoms with Gasteiger partial charge >= 0.3 is 6.18 Å². The minimum Gasteiger partial charge on any atom is -0.545 e. The van der Waals surface area contributed by atoms with Crippen molar-refractivity contribution in [1.82, 2.24) is 0 Å². The van der Waals surface area contributed by atoms with Gasteiger partial charge < -0.3 is 14.6 Å². The van der Waals surface area contributed by atoms with E-state index in [0.717, 1.165) is 28.8 Å². The summed E-state index contributed by atoms with van der Waals surface area (Å²) in [5, 5.41) is 11.3. The largest absolute Gasteiger partial charge is 0.545 e. The van der Waals surface area contributed by atoms with Crippen molar-refractivity contribution in [2.75, 3.05) is 7.11 Å². The molecular weight excluding hydrogens is 461 g/mol. The Labute approximate surface area is 180 Å². The van der Waals surface area contributed by atoms with Crippen molar-refractivity contribution in [3.63, 3.8) is 0 Å². The van der Waals surface area contributed by atoms with Gasteiger partial charge in [0.2, 0.25) is 0 Å². The number of ether oxygens (including phenoxy) is 1. The number of carboxylic acids is 1. The highest BCUT2D eigenvalue weighted by Gasteiger charge is 2.31. The summed E-state index contributed by atoms with van der Waals surface area (Å²) in [4.78, 5) is 11.1. The van der Waals surface area contributed by atoms with E-state index in [1.807, 2.05) is 12.1 Å². The van der Waals surface area contributed by atoms with Crippen LogP contribution in [0.4, 0.5) is 13.2 Å². The normalized spacial score (nSPS) is 11.4. The summed E-state index contributed by atoms with van der Waals surface area (Å²) in [5.74, 6) is -0.739. The Bertz CT molecular complexity index is 1110. The van der Waals surface area contributed by atoms with E-state index >= 15 is 0 Å². The zero-order valence-electron chi connectivity index (χ0n) is 16.1. The van der Waals surface area contributed by atoms with Crippen LogP contribution in [-0.2, 0) is 11.5 Å². The summed E-state index contributed by atoms with van der Waals surface area (Å²) in [6, 6.07) is 13.7. The van der Waals surface area contributed by atoms with Crippen molar-refractivity contribution < 1.29 is 27.8 Å².